The SMILES string of the molecule is Cc1cc(F)cc2ccnc(N(C(=O)c3ccc(-c4cn(C)nn4)cc3F)[C@@H]3CCCN(C(=O)OC(C)(C)C)C3)c12. The third kappa shape index (κ3) is 5.89. The maximum atomic E-state index is 15.6. The van der Waals surface area contributed by atoms with Crippen LogP contribution in [-0.2, 0) is 11.8 Å². The molecule has 1 aliphatic rings. The quantitative estimate of drug-likeness (QED) is 0.319. The van der Waals surface area contributed by atoms with Gasteiger partial charge in [-0.2, -0.15) is 0 Å². The van der Waals surface area contributed by atoms with Gasteiger partial charge in [0.2, 0.25) is 0 Å². The molecule has 2 aromatic heterocycles. The monoisotopic (exact) mass is 562 g/mol. The number of ether oxygens (including phenoxy) is 1. The minimum atomic E-state index is -0.731. The highest BCUT2D eigenvalue weighted by Gasteiger charge is 2.36. The largest absolute Gasteiger partial charge is 0.444 e. The van der Waals surface area contributed by atoms with Crippen LogP contribution in [-0.4, -0.2) is 61.6 Å². The van der Waals surface area contributed by atoms with Crippen LogP contribution in [0.25, 0.3) is 22.0 Å². The topological polar surface area (TPSA) is 93.5 Å². The van der Waals surface area contributed by atoms with Crippen molar-refractivity contribution in [3.8, 4) is 11.3 Å². The molecule has 0 radical (unpaired) electrons. The van der Waals surface area contributed by atoms with E-state index in [1.54, 1.807) is 58.0 Å². The average Bonchev–Trinajstić information content (AvgIpc) is 3.34. The zero-order chi connectivity index (χ0) is 29.5. The predicted molar refractivity (Wildman–Crippen MR) is 150 cm³/mol. The molecular weight excluding hydrogens is 530 g/mol. The molecule has 4 aromatic rings. The van der Waals surface area contributed by atoms with Crippen LogP contribution in [0.15, 0.2) is 48.8 Å². The maximum absolute atomic E-state index is 15.6. The number of carbonyl (C=O) groups is 2. The fourth-order valence-corrected chi connectivity index (χ4v) is 5.19. The number of pyridine rings is 1. The lowest BCUT2D eigenvalue weighted by atomic mass is 9.99. The predicted octanol–water partition coefficient (Wildman–Crippen LogP) is 5.66. The van der Waals surface area contributed by atoms with E-state index in [1.165, 1.54) is 40.0 Å². The number of halogens is 2. The number of likely N-dealkylation sites (tertiary alicyclic amines) is 1. The standard InChI is InChI=1S/C30H32F2N6O3/c1-18-13-21(31)14-20-10-11-33-27(26(18)20)38(22-7-6-12-37(16-22)29(40)41-30(2,3)4)28(39)23-9-8-19(15-24(23)32)25-17-36(5)35-34-25/h8-11,13-15,17,22H,6-7,12,16H2,1-5H3/t22-/m1/s1. The van der Waals surface area contributed by atoms with Gasteiger partial charge in [-0.3, -0.25) is 14.4 Å². The zero-order valence-electron chi connectivity index (χ0n) is 23.7. The Morgan fingerprint density at radius 1 is 1.12 bits per heavy atom. The molecule has 1 atom stereocenters. The molecule has 0 spiro atoms. The molecule has 41 heavy (non-hydrogen) atoms. The molecule has 1 fully saturated rings. The van der Waals surface area contributed by atoms with Crippen molar-refractivity contribution in [3.05, 3.63) is 71.6 Å². The van der Waals surface area contributed by atoms with Crippen molar-refractivity contribution < 1.29 is 23.1 Å². The molecule has 0 N–H and O–H groups in total. The minimum absolute atomic E-state index is 0.161. The fourth-order valence-electron chi connectivity index (χ4n) is 5.19. The highest BCUT2D eigenvalue weighted by atomic mass is 19.1. The Hall–Kier alpha value is -4.41. The number of aryl methyl sites for hydroxylation is 2. The minimum Gasteiger partial charge on any atom is -0.444 e. The van der Waals surface area contributed by atoms with E-state index < -0.39 is 35.3 Å². The number of anilines is 1. The summed E-state index contributed by atoms with van der Waals surface area (Å²) in [5.41, 5.74) is 0.675. The van der Waals surface area contributed by atoms with Crippen LogP contribution in [0.2, 0.25) is 0 Å². The number of nitrogens with zero attached hydrogens (tertiary/aromatic N) is 6. The van der Waals surface area contributed by atoms with Crippen molar-refractivity contribution in [3.63, 3.8) is 0 Å². The molecule has 9 nitrogen and oxygen atoms in total. The van der Waals surface area contributed by atoms with Crippen molar-refractivity contribution in [2.45, 2.75) is 52.2 Å². The highest BCUT2D eigenvalue weighted by molar-refractivity contribution is 6.11. The van der Waals surface area contributed by atoms with Crippen LogP contribution in [0, 0.1) is 18.6 Å². The first-order chi connectivity index (χ1) is 19.4. The summed E-state index contributed by atoms with van der Waals surface area (Å²) in [6, 6.07) is 8.16. The normalized spacial score (nSPS) is 15.7. The summed E-state index contributed by atoms with van der Waals surface area (Å²) in [7, 11) is 1.71. The van der Waals surface area contributed by atoms with Crippen LogP contribution in [0.4, 0.5) is 19.4 Å². The van der Waals surface area contributed by atoms with Crippen LogP contribution in [0.3, 0.4) is 0 Å². The lowest BCUT2D eigenvalue weighted by Crippen LogP contribution is -2.53. The Kier molecular flexibility index (Phi) is 7.46. The molecule has 0 saturated carbocycles. The van der Waals surface area contributed by atoms with E-state index >= 15 is 4.39 Å². The molecule has 3 heterocycles. The van der Waals surface area contributed by atoms with Crippen molar-refractivity contribution in [1.82, 2.24) is 24.9 Å². The van der Waals surface area contributed by atoms with Gasteiger partial charge < -0.3 is 9.64 Å². The first kappa shape index (κ1) is 28.1. The Balaban J connectivity index is 1.59. The van der Waals surface area contributed by atoms with Crippen LogP contribution >= 0.6 is 0 Å². The molecule has 1 aliphatic heterocycles. The Labute approximate surface area is 236 Å². The molecule has 0 unspecified atom stereocenters. The van der Waals surface area contributed by atoms with Gasteiger partial charge in [-0.05, 0) is 81.8 Å². The van der Waals surface area contributed by atoms with E-state index in [9.17, 15) is 14.0 Å². The number of piperidine rings is 1. The number of rotatable bonds is 4. The summed E-state index contributed by atoms with van der Waals surface area (Å²) >= 11 is 0. The second-order valence-corrected chi connectivity index (χ2v) is 11.3. The van der Waals surface area contributed by atoms with Gasteiger partial charge in [-0.15, -0.1) is 5.10 Å². The second kappa shape index (κ2) is 10.9. The van der Waals surface area contributed by atoms with Gasteiger partial charge in [-0.25, -0.2) is 18.6 Å². The average molecular weight is 563 g/mol. The lowest BCUT2D eigenvalue weighted by Gasteiger charge is -2.39. The Morgan fingerprint density at radius 3 is 2.59 bits per heavy atom. The number of carbonyl (C=O) groups excluding carboxylic acids is 2. The van der Waals surface area contributed by atoms with Crippen LogP contribution in [0.5, 0.6) is 0 Å². The second-order valence-electron chi connectivity index (χ2n) is 11.3. The van der Waals surface area contributed by atoms with Crippen LogP contribution in [0.1, 0.15) is 49.5 Å². The van der Waals surface area contributed by atoms with Gasteiger partial charge in [0.05, 0.1) is 17.8 Å². The number of benzene rings is 2. The zero-order valence-corrected chi connectivity index (χ0v) is 23.7. The first-order valence-electron chi connectivity index (χ1n) is 13.4. The Morgan fingerprint density at radius 2 is 1.90 bits per heavy atom. The summed E-state index contributed by atoms with van der Waals surface area (Å²) in [6.07, 6.45) is 3.80. The fraction of sp³-hybridized carbons (Fsp3) is 0.367. The number of fused-ring (bicyclic) bond motifs is 1. The first-order valence-corrected chi connectivity index (χ1v) is 13.4. The Bertz CT molecular complexity index is 1630. The highest BCUT2D eigenvalue weighted by Crippen LogP contribution is 2.34. The maximum Gasteiger partial charge on any atom is 0.410 e. The summed E-state index contributed by atoms with van der Waals surface area (Å²) in [6.45, 7) is 7.73. The molecule has 0 aliphatic carbocycles. The molecule has 0 bridgehead atoms. The van der Waals surface area contributed by atoms with Gasteiger partial charge in [0.15, 0.2) is 0 Å². The van der Waals surface area contributed by atoms with Crippen LogP contribution < -0.4 is 4.90 Å². The van der Waals surface area contributed by atoms with E-state index in [0.29, 0.717) is 47.0 Å². The molecule has 1 saturated heterocycles. The van der Waals surface area contributed by atoms with E-state index in [4.69, 9.17) is 4.74 Å². The lowest BCUT2D eigenvalue weighted by molar-refractivity contribution is 0.0196. The molecule has 2 amide bonds. The third-order valence-corrected chi connectivity index (χ3v) is 6.96. The number of amides is 2. The van der Waals surface area contributed by atoms with Gasteiger partial charge in [0.1, 0.15) is 28.7 Å². The van der Waals surface area contributed by atoms with Crippen molar-refractivity contribution in [2.24, 2.45) is 7.05 Å². The van der Waals surface area contributed by atoms with Gasteiger partial charge >= 0.3 is 6.09 Å². The number of hydrogen-bond acceptors (Lipinski definition) is 6. The number of aromatic nitrogens is 4. The smallest absolute Gasteiger partial charge is 0.410 e. The van der Waals surface area contributed by atoms with E-state index in [2.05, 4.69) is 15.3 Å². The summed E-state index contributed by atoms with van der Waals surface area (Å²) in [5.74, 6) is -1.48. The molecule has 2 aromatic carbocycles. The molecule has 11 heteroatoms. The van der Waals surface area contributed by atoms with Gasteiger partial charge in [-0.1, -0.05) is 11.3 Å². The van der Waals surface area contributed by atoms with Crippen molar-refractivity contribution in [2.75, 3.05) is 18.0 Å². The van der Waals surface area contributed by atoms with Gasteiger partial charge in [0.25, 0.3) is 5.91 Å². The summed E-state index contributed by atoms with van der Waals surface area (Å²) in [5, 5.41) is 9.04. The third-order valence-electron chi connectivity index (χ3n) is 6.96. The molecule has 5 rings (SSSR count). The summed E-state index contributed by atoms with van der Waals surface area (Å²) in [4.78, 5) is 34.8. The summed E-state index contributed by atoms with van der Waals surface area (Å²) < 4.78 is 37.0. The number of hydrogen-bond donors (Lipinski definition) is 0. The van der Waals surface area contributed by atoms with E-state index in [1.807, 2.05) is 0 Å². The molecular formula is C30H32F2N6O3. The van der Waals surface area contributed by atoms with Gasteiger partial charge in [0, 0.05) is 37.3 Å². The van der Waals surface area contributed by atoms with Crippen molar-refractivity contribution >= 4 is 28.6 Å². The van der Waals surface area contributed by atoms with E-state index in [-0.39, 0.29) is 17.9 Å². The molecule has 214 valence electrons. The van der Waals surface area contributed by atoms with Crippen molar-refractivity contribution in [1.29, 1.82) is 0 Å². The van der Waals surface area contributed by atoms with E-state index in [0.717, 1.165) is 0 Å².